The first kappa shape index (κ1) is 73.5. The highest BCUT2D eigenvalue weighted by atomic mass is 16.3. The normalized spacial score (nSPS) is 13.7. The van der Waals surface area contributed by atoms with Crippen LogP contribution in [0.4, 0.5) is 0 Å². The van der Waals surface area contributed by atoms with Crippen LogP contribution in [-0.2, 0) is 4.79 Å². The Morgan fingerprint density at radius 1 is 0.320 bits per heavy atom. The second-order valence-electron chi connectivity index (χ2n) is 23.5. The van der Waals surface area contributed by atoms with Crippen molar-refractivity contribution >= 4 is 5.91 Å². The Balaban J connectivity index is 3.59. The molecular formula is C69H133NO5. The molecule has 0 rings (SSSR count). The fourth-order valence-electron chi connectivity index (χ4n) is 10.8. The van der Waals surface area contributed by atoms with Crippen LogP contribution >= 0.6 is 0 Å². The van der Waals surface area contributed by atoms with Gasteiger partial charge in [-0.2, -0.15) is 0 Å². The van der Waals surface area contributed by atoms with Gasteiger partial charge in [-0.05, 0) is 77.0 Å². The number of amides is 1. The van der Waals surface area contributed by atoms with E-state index in [1.165, 1.54) is 295 Å². The van der Waals surface area contributed by atoms with Gasteiger partial charge in [-0.3, -0.25) is 4.79 Å². The van der Waals surface area contributed by atoms with Crippen molar-refractivity contribution in [1.82, 2.24) is 5.32 Å². The molecule has 0 fully saturated rings. The molecule has 0 heterocycles. The molecule has 0 aliphatic rings. The molecule has 0 saturated carbocycles. The zero-order valence-electron chi connectivity index (χ0n) is 50.6. The minimum Gasteiger partial charge on any atom is -0.394 e. The summed E-state index contributed by atoms with van der Waals surface area (Å²) in [6.07, 6.45) is 81.2. The molecule has 0 spiro atoms. The van der Waals surface area contributed by atoms with Gasteiger partial charge in [0.1, 0.15) is 12.2 Å². The van der Waals surface area contributed by atoms with Gasteiger partial charge in [-0.25, -0.2) is 0 Å². The maximum atomic E-state index is 12.6. The number of carbonyl (C=O) groups is 1. The molecular weight excluding hydrogens is 923 g/mol. The lowest BCUT2D eigenvalue weighted by molar-refractivity contribution is -0.132. The van der Waals surface area contributed by atoms with Gasteiger partial charge >= 0.3 is 0 Å². The molecule has 4 atom stereocenters. The fraction of sp³-hybridized carbons (Fsp3) is 0.899. The zero-order valence-corrected chi connectivity index (χ0v) is 50.6. The number of carbonyl (C=O) groups excluding carboxylic acids is 1. The Kier molecular flexibility index (Phi) is 62.1. The van der Waals surface area contributed by atoms with E-state index in [1.54, 1.807) is 0 Å². The van der Waals surface area contributed by atoms with Gasteiger partial charge < -0.3 is 25.7 Å². The largest absolute Gasteiger partial charge is 0.394 e. The Hall–Kier alpha value is -1.47. The second kappa shape index (κ2) is 63.4. The Labute approximate surface area is 468 Å². The second-order valence-corrected chi connectivity index (χ2v) is 23.5. The van der Waals surface area contributed by atoms with E-state index in [-0.39, 0.29) is 0 Å². The third kappa shape index (κ3) is 57.0. The minimum absolute atomic E-state index is 0.362. The minimum atomic E-state index is -1.29. The molecule has 0 aromatic heterocycles. The molecule has 5 N–H and O–H groups in total. The van der Waals surface area contributed by atoms with E-state index in [0.717, 1.165) is 38.5 Å². The maximum Gasteiger partial charge on any atom is 0.249 e. The Bertz CT molecular complexity index is 1190. The topological polar surface area (TPSA) is 110 Å². The molecule has 0 aromatic carbocycles. The highest BCUT2D eigenvalue weighted by Crippen LogP contribution is 2.19. The van der Waals surface area contributed by atoms with Crippen molar-refractivity contribution in [2.75, 3.05) is 6.61 Å². The van der Waals surface area contributed by atoms with Gasteiger partial charge in [0.2, 0.25) is 5.91 Å². The number of rotatable bonds is 63. The van der Waals surface area contributed by atoms with E-state index in [9.17, 15) is 25.2 Å². The lowest BCUT2D eigenvalue weighted by atomic mass is 10.00. The van der Waals surface area contributed by atoms with Crippen molar-refractivity contribution in [2.45, 2.75) is 391 Å². The van der Waals surface area contributed by atoms with E-state index in [1.807, 2.05) is 0 Å². The first-order valence-electron chi connectivity index (χ1n) is 33.9. The average Bonchev–Trinajstić information content (AvgIpc) is 3.42. The molecule has 0 aliphatic carbocycles. The summed E-state index contributed by atoms with van der Waals surface area (Å²) in [5, 5.41) is 44.1. The van der Waals surface area contributed by atoms with Crippen LogP contribution in [0.5, 0.6) is 0 Å². The van der Waals surface area contributed by atoms with E-state index in [0.29, 0.717) is 19.3 Å². The summed E-state index contributed by atoms with van der Waals surface area (Å²) >= 11 is 0. The van der Waals surface area contributed by atoms with Crippen LogP contribution in [0.25, 0.3) is 0 Å². The number of hydrogen-bond acceptors (Lipinski definition) is 5. The van der Waals surface area contributed by atoms with Crippen molar-refractivity contribution in [3.05, 3.63) is 36.5 Å². The average molecular weight is 1060 g/mol. The number of allylic oxidation sites excluding steroid dienone is 6. The van der Waals surface area contributed by atoms with E-state index in [4.69, 9.17) is 0 Å². The highest BCUT2D eigenvalue weighted by Gasteiger charge is 2.28. The van der Waals surface area contributed by atoms with Gasteiger partial charge in [0.15, 0.2) is 0 Å². The summed E-state index contributed by atoms with van der Waals surface area (Å²) < 4.78 is 0. The van der Waals surface area contributed by atoms with Crippen molar-refractivity contribution < 1.29 is 25.2 Å². The van der Waals surface area contributed by atoms with Crippen LogP contribution in [0, 0.1) is 0 Å². The summed E-state index contributed by atoms with van der Waals surface area (Å²) in [5.74, 6) is -0.592. The lowest BCUT2D eigenvalue weighted by Gasteiger charge is -2.27. The molecule has 0 radical (unpaired) electrons. The lowest BCUT2D eigenvalue weighted by Crippen LogP contribution is -2.53. The van der Waals surface area contributed by atoms with Crippen LogP contribution < -0.4 is 5.32 Å². The third-order valence-electron chi connectivity index (χ3n) is 16.1. The maximum absolute atomic E-state index is 12.6. The molecule has 6 nitrogen and oxygen atoms in total. The summed E-state index contributed by atoms with van der Waals surface area (Å²) in [6, 6.07) is -1.01. The number of nitrogens with one attached hydrogen (secondary N) is 1. The number of unbranched alkanes of at least 4 members (excludes halogenated alkanes) is 48. The van der Waals surface area contributed by atoms with Crippen LogP contribution in [-0.4, -0.2) is 57.3 Å². The molecule has 4 unspecified atom stereocenters. The number of hydrogen-bond donors (Lipinski definition) is 5. The Morgan fingerprint density at radius 2 is 0.560 bits per heavy atom. The van der Waals surface area contributed by atoms with Crippen molar-refractivity contribution in [3.8, 4) is 0 Å². The molecule has 0 aliphatic heterocycles. The fourth-order valence-corrected chi connectivity index (χ4v) is 10.8. The summed E-state index contributed by atoms with van der Waals surface area (Å²) in [5.41, 5.74) is 0. The molecule has 0 saturated heterocycles. The van der Waals surface area contributed by atoms with Crippen molar-refractivity contribution in [2.24, 2.45) is 0 Å². The van der Waals surface area contributed by atoms with Crippen LogP contribution in [0.1, 0.15) is 367 Å². The van der Waals surface area contributed by atoms with Crippen molar-refractivity contribution in [3.63, 3.8) is 0 Å². The van der Waals surface area contributed by atoms with Gasteiger partial charge in [-0.15, -0.1) is 0 Å². The first-order chi connectivity index (χ1) is 37.0. The summed E-state index contributed by atoms with van der Waals surface area (Å²) in [7, 11) is 0. The number of aliphatic hydroxyl groups is 4. The first-order valence-corrected chi connectivity index (χ1v) is 33.9. The van der Waals surface area contributed by atoms with Gasteiger partial charge in [0.25, 0.3) is 0 Å². The van der Waals surface area contributed by atoms with Crippen LogP contribution in [0.3, 0.4) is 0 Å². The predicted molar refractivity (Wildman–Crippen MR) is 330 cm³/mol. The van der Waals surface area contributed by atoms with E-state index in [2.05, 4.69) is 55.6 Å². The van der Waals surface area contributed by atoms with Crippen LogP contribution in [0.2, 0.25) is 0 Å². The smallest absolute Gasteiger partial charge is 0.249 e. The highest BCUT2D eigenvalue weighted by molar-refractivity contribution is 5.80. The van der Waals surface area contributed by atoms with Crippen molar-refractivity contribution in [1.29, 1.82) is 0 Å². The standard InChI is InChI=1S/C69H133NO5/c1-3-5-7-9-11-13-15-17-19-21-23-25-27-29-30-31-32-33-34-35-36-37-39-41-43-45-47-49-51-53-55-57-59-61-63-67(73)69(75)70-65(64-71)68(74)66(72)62-60-58-56-54-52-50-48-46-44-42-40-38-28-26-24-22-20-18-16-14-12-10-8-6-4-2/h31-32,46,48,54,56,65-68,71-74H,3-30,33-45,47,49-53,55,57-64H2,1-2H3,(H,70,75)/b32-31-,48-46+,56-54+. The monoisotopic (exact) mass is 1060 g/mol. The quantitative estimate of drug-likeness (QED) is 0.0308. The van der Waals surface area contributed by atoms with Gasteiger partial charge in [-0.1, -0.05) is 326 Å². The Morgan fingerprint density at radius 3 is 0.840 bits per heavy atom. The summed E-state index contributed by atoms with van der Waals surface area (Å²) in [6.45, 7) is 4.09. The molecule has 1 amide bonds. The molecule has 0 aromatic rings. The molecule has 0 bridgehead atoms. The van der Waals surface area contributed by atoms with Crippen LogP contribution in [0.15, 0.2) is 36.5 Å². The zero-order chi connectivity index (χ0) is 54.4. The molecule has 444 valence electrons. The number of aliphatic hydroxyl groups excluding tert-OH is 4. The van der Waals surface area contributed by atoms with E-state index < -0.39 is 36.9 Å². The molecule has 6 heteroatoms. The van der Waals surface area contributed by atoms with Gasteiger partial charge in [0, 0.05) is 0 Å². The van der Waals surface area contributed by atoms with E-state index >= 15 is 0 Å². The molecule has 75 heavy (non-hydrogen) atoms. The SMILES string of the molecule is CCCCCCCCCCCCCCCC/C=C\CCCCCCCCCCCCCCCCCCC(O)C(=O)NC(CO)C(O)C(O)CCC/C=C/CC/C=C/CCCCCCCCCCCCCCCCCC. The third-order valence-corrected chi connectivity index (χ3v) is 16.1. The van der Waals surface area contributed by atoms with Gasteiger partial charge in [0.05, 0.1) is 18.8 Å². The summed E-state index contributed by atoms with van der Waals surface area (Å²) in [4.78, 5) is 12.6. The predicted octanol–water partition coefficient (Wildman–Crippen LogP) is 20.7.